The monoisotopic (exact) mass is 501 g/mol. The molecule has 1 atom stereocenters. The minimum absolute atomic E-state index is 0.0304. The first kappa shape index (κ1) is 25.3. The van der Waals surface area contributed by atoms with Crippen LogP contribution in [0.1, 0.15) is 41.2 Å². The van der Waals surface area contributed by atoms with Gasteiger partial charge in [-0.1, -0.05) is 0 Å². The molecule has 3 N–H and O–H groups in total. The van der Waals surface area contributed by atoms with Crippen molar-refractivity contribution in [1.29, 1.82) is 0 Å². The number of nitrogens with zero attached hydrogens (tertiary/aromatic N) is 2. The average molecular weight is 501 g/mol. The molecule has 0 aliphatic rings. The first-order chi connectivity index (χ1) is 17.1. The van der Waals surface area contributed by atoms with E-state index in [-0.39, 0.29) is 24.5 Å². The van der Waals surface area contributed by atoms with E-state index in [4.69, 9.17) is 0 Å². The minimum atomic E-state index is -2.58. The summed E-state index contributed by atoms with van der Waals surface area (Å²) in [4.78, 5) is 17.0. The van der Waals surface area contributed by atoms with Crippen LogP contribution in [0.5, 0.6) is 0 Å². The van der Waals surface area contributed by atoms with Crippen LogP contribution in [-0.4, -0.2) is 38.3 Å². The molecular weight excluding hydrogens is 478 g/mol. The van der Waals surface area contributed by atoms with Crippen molar-refractivity contribution in [2.45, 2.75) is 32.1 Å². The van der Waals surface area contributed by atoms with Crippen LogP contribution < -0.4 is 5.32 Å². The predicted molar refractivity (Wildman–Crippen MR) is 124 cm³/mol. The third-order valence-electron chi connectivity index (χ3n) is 5.85. The first-order valence-electron chi connectivity index (χ1n) is 11.2. The van der Waals surface area contributed by atoms with Gasteiger partial charge in [-0.25, -0.2) is 22.5 Å². The van der Waals surface area contributed by atoms with Crippen molar-refractivity contribution in [1.82, 2.24) is 14.9 Å². The van der Waals surface area contributed by atoms with Gasteiger partial charge in [0.1, 0.15) is 23.3 Å². The Morgan fingerprint density at radius 2 is 1.58 bits per heavy atom. The lowest BCUT2D eigenvalue weighted by Crippen LogP contribution is -2.35. The van der Waals surface area contributed by atoms with Crippen molar-refractivity contribution in [2.75, 3.05) is 6.54 Å². The smallest absolute Gasteiger partial charge is 0.251 e. The highest BCUT2D eigenvalue weighted by molar-refractivity contribution is 5.97. The van der Waals surface area contributed by atoms with E-state index >= 15 is 8.78 Å². The Kier molecular flexibility index (Phi) is 6.83. The zero-order chi connectivity index (χ0) is 26.2. The minimum Gasteiger partial charge on any atom is -0.392 e. The summed E-state index contributed by atoms with van der Waals surface area (Å²) in [5.74, 6) is -4.81. The zero-order valence-corrected chi connectivity index (χ0v) is 19.4. The number of fused-ring (bicyclic) bond motifs is 1. The van der Waals surface area contributed by atoms with Gasteiger partial charge >= 0.3 is 0 Å². The summed E-state index contributed by atoms with van der Waals surface area (Å²) in [6, 6.07) is 9.34. The number of carbonyl (C=O) groups is 1. The maximum atomic E-state index is 15.0. The van der Waals surface area contributed by atoms with Crippen LogP contribution in [0, 0.1) is 23.3 Å². The fraction of sp³-hybridized carbons (Fsp3) is 0.231. The second-order valence-electron chi connectivity index (χ2n) is 8.40. The molecule has 0 radical (unpaired) electrons. The zero-order valence-electron chi connectivity index (χ0n) is 19.4. The molecule has 0 fully saturated rings. The second-order valence-corrected chi connectivity index (χ2v) is 8.40. The van der Waals surface area contributed by atoms with Crippen LogP contribution in [0.3, 0.4) is 0 Å². The fourth-order valence-electron chi connectivity index (χ4n) is 4.15. The normalized spacial score (nSPS) is 12.7. The van der Waals surface area contributed by atoms with Crippen LogP contribution in [0.25, 0.3) is 11.0 Å². The number of aryl methyl sites for hydroxylation is 1. The number of benzene rings is 3. The Bertz CT molecular complexity index is 1400. The van der Waals surface area contributed by atoms with E-state index in [2.05, 4.69) is 10.3 Å². The summed E-state index contributed by atoms with van der Waals surface area (Å²) >= 11 is 0. The van der Waals surface area contributed by atoms with Gasteiger partial charge in [0.05, 0.1) is 17.1 Å². The summed E-state index contributed by atoms with van der Waals surface area (Å²) in [7, 11) is 0. The van der Waals surface area contributed by atoms with Crippen molar-refractivity contribution in [3.63, 3.8) is 0 Å². The van der Waals surface area contributed by atoms with Crippen LogP contribution in [0.2, 0.25) is 0 Å². The molecule has 0 spiro atoms. The van der Waals surface area contributed by atoms with Gasteiger partial charge in [-0.15, -0.1) is 0 Å². The molecule has 0 aliphatic carbocycles. The van der Waals surface area contributed by atoms with E-state index in [0.717, 1.165) is 24.3 Å². The van der Waals surface area contributed by atoms with Gasteiger partial charge in [-0.2, -0.15) is 0 Å². The molecule has 1 heterocycles. The number of aliphatic hydroxyl groups is 2. The number of amides is 1. The van der Waals surface area contributed by atoms with Gasteiger partial charge in [0, 0.05) is 41.9 Å². The van der Waals surface area contributed by atoms with E-state index in [0.29, 0.717) is 23.2 Å². The molecule has 0 aliphatic heterocycles. The summed E-state index contributed by atoms with van der Waals surface area (Å²) < 4.78 is 58.9. The number of halogens is 4. The fourth-order valence-corrected chi connectivity index (χ4v) is 4.15. The number of imidazole rings is 1. The number of rotatable bonds is 7. The Hall–Kier alpha value is -3.76. The number of aliphatic hydroxyl groups excluding tert-OH is 1. The van der Waals surface area contributed by atoms with Crippen LogP contribution in [-0.2, 0) is 12.1 Å². The second kappa shape index (κ2) is 9.71. The molecule has 6 nitrogen and oxygen atoms in total. The van der Waals surface area contributed by atoms with Crippen molar-refractivity contribution in [2.24, 2.45) is 0 Å². The topological polar surface area (TPSA) is 87.4 Å². The van der Waals surface area contributed by atoms with Gasteiger partial charge in [0.15, 0.2) is 11.4 Å². The van der Waals surface area contributed by atoms with Gasteiger partial charge in [-0.3, -0.25) is 4.79 Å². The van der Waals surface area contributed by atoms with Crippen molar-refractivity contribution in [3.8, 4) is 0 Å². The highest BCUT2D eigenvalue weighted by atomic mass is 19.1. The molecule has 10 heteroatoms. The average Bonchev–Trinajstić information content (AvgIpc) is 3.20. The quantitative estimate of drug-likeness (QED) is 0.334. The third-order valence-corrected chi connectivity index (χ3v) is 5.85. The van der Waals surface area contributed by atoms with E-state index in [1.165, 1.54) is 29.7 Å². The molecule has 36 heavy (non-hydrogen) atoms. The largest absolute Gasteiger partial charge is 0.392 e. The summed E-state index contributed by atoms with van der Waals surface area (Å²) in [6.45, 7) is 3.42. The molecule has 1 amide bonds. The lowest BCUT2D eigenvalue weighted by atomic mass is 9.84. The molecule has 0 saturated carbocycles. The van der Waals surface area contributed by atoms with Crippen molar-refractivity contribution < 1.29 is 32.6 Å². The van der Waals surface area contributed by atoms with Crippen LogP contribution in [0.15, 0.2) is 54.6 Å². The molecule has 4 aromatic rings. The molecule has 0 unspecified atom stereocenters. The first-order valence-corrected chi connectivity index (χ1v) is 11.2. The molecule has 3 aromatic carbocycles. The van der Waals surface area contributed by atoms with Crippen molar-refractivity contribution >= 4 is 16.9 Å². The van der Waals surface area contributed by atoms with Gasteiger partial charge in [-0.05, 0) is 56.3 Å². The predicted octanol–water partition coefficient (Wildman–Crippen LogP) is 4.01. The Morgan fingerprint density at radius 1 is 1.00 bits per heavy atom. The summed E-state index contributed by atoms with van der Waals surface area (Å²) in [6.07, 6.45) is -0.753. The van der Waals surface area contributed by atoms with Gasteiger partial charge in [0.2, 0.25) is 0 Å². The highest BCUT2D eigenvalue weighted by Crippen LogP contribution is 2.40. The van der Waals surface area contributed by atoms with E-state index in [1.807, 2.05) is 0 Å². The third kappa shape index (κ3) is 4.45. The number of hydrogen-bond acceptors (Lipinski definition) is 4. The van der Waals surface area contributed by atoms with E-state index < -0.39 is 52.0 Å². The maximum Gasteiger partial charge on any atom is 0.251 e. The standard InChI is InChI=1S/C26H23F4N3O3/c1-3-33-23-10-15(24(35)31-13-14(2)34)4-9-22(23)32-25(33)26(36,18-7-5-16(27)11-20(18)29)19-8-6-17(28)12-21(19)30/h4-12,14,34,36H,3,13H2,1-2H3,(H,31,35)/t14-/m1/s1. The molecule has 0 saturated heterocycles. The number of aromatic nitrogens is 2. The van der Waals surface area contributed by atoms with E-state index in [1.54, 1.807) is 6.92 Å². The molecule has 4 rings (SSSR count). The number of nitrogens with one attached hydrogen (secondary N) is 1. The van der Waals surface area contributed by atoms with Gasteiger partial charge < -0.3 is 20.1 Å². The Labute approximate surface area is 203 Å². The van der Waals surface area contributed by atoms with E-state index in [9.17, 15) is 23.8 Å². The molecule has 0 bridgehead atoms. The lowest BCUT2D eigenvalue weighted by molar-refractivity contribution is 0.0924. The number of hydrogen-bond donors (Lipinski definition) is 3. The lowest BCUT2D eigenvalue weighted by Gasteiger charge is -2.30. The van der Waals surface area contributed by atoms with Crippen LogP contribution >= 0.6 is 0 Å². The Morgan fingerprint density at radius 3 is 2.08 bits per heavy atom. The molecular formula is C26H23F4N3O3. The molecule has 188 valence electrons. The van der Waals surface area contributed by atoms with Gasteiger partial charge in [0.25, 0.3) is 5.91 Å². The SMILES string of the molecule is CCn1c(C(O)(c2ccc(F)cc2F)c2ccc(F)cc2F)nc2ccc(C(=O)NC[C@@H](C)O)cc21. The summed E-state index contributed by atoms with van der Waals surface area (Å²) in [5.41, 5.74) is -2.65. The van der Waals surface area contributed by atoms with Crippen LogP contribution in [0.4, 0.5) is 17.6 Å². The number of carbonyl (C=O) groups excluding carboxylic acids is 1. The van der Waals surface area contributed by atoms with Crippen molar-refractivity contribution in [3.05, 3.63) is 100 Å². The summed E-state index contributed by atoms with van der Waals surface area (Å²) in [5, 5.41) is 24.0. The molecule has 1 aromatic heterocycles. The maximum absolute atomic E-state index is 15.0. The highest BCUT2D eigenvalue weighted by Gasteiger charge is 2.43. The Balaban J connectivity index is 1.98.